The molecule has 1 aliphatic heterocycles. The second kappa shape index (κ2) is 8.27. The predicted molar refractivity (Wildman–Crippen MR) is 122 cm³/mol. The number of H-pyrrole nitrogens is 1. The van der Waals surface area contributed by atoms with Crippen molar-refractivity contribution < 1.29 is 14.2 Å². The van der Waals surface area contributed by atoms with Gasteiger partial charge in [0.25, 0.3) is 11.7 Å². The number of hydrogen-bond acceptors (Lipinski definition) is 6. The molecule has 1 aliphatic rings. The molecule has 9 heteroatoms. The minimum atomic E-state index is -0.431. The fourth-order valence-electron chi connectivity index (χ4n) is 3.78. The summed E-state index contributed by atoms with van der Waals surface area (Å²) in [5.41, 5.74) is 2.82. The molecular formula is C23H21N6O2S+. The number of benzene rings is 1. The highest BCUT2D eigenvalue weighted by molar-refractivity contribution is 7.13. The minimum absolute atomic E-state index is 0.221. The molecule has 0 bridgehead atoms. The maximum Gasteiger partial charge on any atom is 0.417 e. The van der Waals surface area contributed by atoms with Crippen molar-refractivity contribution in [3.8, 4) is 16.5 Å². The fourth-order valence-corrected chi connectivity index (χ4v) is 4.44. The maximum absolute atomic E-state index is 13.4. The molecule has 160 valence electrons. The zero-order valence-corrected chi connectivity index (χ0v) is 18.3. The number of amides is 1. The van der Waals surface area contributed by atoms with Crippen molar-refractivity contribution in [2.24, 2.45) is 0 Å². The molecule has 3 N–H and O–H groups in total. The topological polar surface area (TPSA) is 95.8 Å². The number of aromatic nitrogens is 4. The molecule has 0 spiro atoms. The summed E-state index contributed by atoms with van der Waals surface area (Å²) in [6, 6.07) is 14.9. The Kier molecular flexibility index (Phi) is 5.16. The van der Waals surface area contributed by atoms with Crippen molar-refractivity contribution in [3.63, 3.8) is 0 Å². The smallest absolute Gasteiger partial charge is 0.417 e. The monoisotopic (exact) mass is 445 g/mol. The number of methoxy groups -OCH3 is 1. The number of carbonyl (C=O) groups excluding carboxylic acids is 1. The van der Waals surface area contributed by atoms with Gasteiger partial charge in [0.1, 0.15) is 5.75 Å². The number of thiophene rings is 1. The average Bonchev–Trinajstić information content (AvgIpc) is 3.48. The second-order valence-electron chi connectivity index (χ2n) is 7.28. The van der Waals surface area contributed by atoms with E-state index in [1.54, 1.807) is 43.0 Å². The lowest BCUT2D eigenvalue weighted by molar-refractivity contribution is -0.746. The van der Waals surface area contributed by atoms with Gasteiger partial charge in [0.15, 0.2) is 6.04 Å². The number of ether oxygens (including phenoxy) is 1. The van der Waals surface area contributed by atoms with Gasteiger partial charge in [-0.25, -0.2) is 10.4 Å². The Bertz CT molecular complexity index is 1300. The summed E-state index contributed by atoms with van der Waals surface area (Å²) in [6.45, 7) is 1.88. The second-order valence-corrected chi connectivity index (χ2v) is 8.23. The number of rotatable bonds is 5. The Morgan fingerprint density at radius 3 is 2.88 bits per heavy atom. The lowest BCUT2D eigenvalue weighted by Gasteiger charge is -2.24. The van der Waals surface area contributed by atoms with E-state index in [0.717, 1.165) is 22.0 Å². The van der Waals surface area contributed by atoms with Gasteiger partial charge >= 0.3 is 5.95 Å². The average molecular weight is 446 g/mol. The minimum Gasteiger partial charge on any atom is -0.497 e. The standard InChI is InChI=1S/C23H20N6O2S/c1-14-19(22(30)26-16-7-4-10-24-13-16)20(15-6-3-8-17(12-15)31-2)29-23(25-14)27-21(28-29)18-9-5-11-32-18/h3-13,20H,1-2H3,(H2,25,26,27,28,30)/p+1. The highest BCUT2D eigenvalue weighted by Crippen LogP contribution is 2.33. The van der Waals surface area contributed by atoms with E-state index < -0.39 is 6.04 Å². The Hall–Kier alpha value is -3.98. The summed E-state index contributed by atoms with van der Waals surface area (Å²) in [7, 11) is 1.63. The molecule has 0 aliphatic carbocycles. The Morgan fingerprint density at radius 1 is 1.22 bits per heavy atom. The Morgan fingerprint density at radius 2 is 2.12 bits per heavy atom. The lowest BCUT2D eigenvalue weighted by atomic mass is 9.95. The molecule has 8 nitrogen and oxygen atoms in total. The van der Waals surface area contributed by atoms with Gasteiger partial charge in [0.05, 0.1) is 35.1 Å². The molecule has 1 amide bonds. The first kappa shape index (κ1) is 20.0. The first-order valence-electron chi connectivity index (χ1n) is 10.0. The Balaban J connectivity index is 1.62. The van der Waals surface area contributed by atoms with Crippen LogP contribution in [0.3, 0.4) is 0 Å². The van der Waals surface area contributed by atoms with Crippen molar-refractivity contribution in [2.45, 2.75) is 13.0 Å². The Labute approximate surface area is 188 Å². The summed E-state index contributed by atoms with van der Waals surface area (Å²) in [4.78, 5) is 23.3. The molecule has 4 aromatic rings. The number of fused-ring (bicyclic) bond motifs is 1. The van der Waals surface area contributed by atoms with E-state index in [1.165, 1.54) is 0 Å². The summed E-state index contributed by atoms with van der Waals surface area (Å²) in [6.07, 6.45) is 3.29. The number of carbonyl (C=O) groups is 1. The number of aromatic amines is 1. The SMILES string of the molecule is COc1cccc(C2C(C(=O)Nc3cccnc3)=C(C)Nc3nc(-c4cccs4)[nH][n+]32)c1. The predicted octanol–water partition coefficient (Wildman–Crippen LogP) is 3.76. The van der Waals surface area contributed by atoms with Crippen LogP contribution in [-0.2, 0) is 4.79 Å². The van der Waals surface area contributed by atoms with Gasteiger partial charge < -0.3 is 10.1 Å². The van der Waals surface area contributed by atoms with Crippen molar-refractivity contribution in [2.75, 3.05) is 17.7 Å². The quantitative estimate of drug-likeness (QED) is 0.407. The molecule has 0 fully saturated rings. The molecule has 1 unspecified atom stereocenters. The molecule has 5 rings (SSSR count). The van der Waals surface area contributed by atoms with Gasteiger partial charge in [-0.1, -0.05) is 18.2 Å². The van der Waals surface area contributed by atoms with E-state index in [-0.39, 0.29) is 5.91 Å². The molecule has 0 saturated heterocycles. The highest BCUT2D eigenvalue weighted by Gasteiger charge is 2.40. The van der Waals surface area contributed by atoms with Crippen LogP contribution in [0.15, 0.2) is 77.6 Å². The van der Waals surface area contributed by atoms with Gasteiger partial charge in [0, 0.05) is 6.20 Å². The van der Waals surface area contributed by atoms with E-state index in [4.69, 9.17) is 9.72 Å². The van der Waals surface area contributed by atoms with Crippen LogP contribution in [0.1, 0.15) is 18.5 Å². The van der Waals surface area contributed by atoms with Crippen LogP contribution in [0.25, 0.3) is 10.7 Å². The third-order valence-electron chi connectivity index (χ3n) is 5.24. The number of nitrogens with zero attached hydrogens (tertiary/aromatic N) is 3. The van der Waals surface area contributed by atoms with E-state index in [2.05, 4.69) is 20.7 Å². The number of hydrogen-bond donors (Lipinski definition) is 3. The number of anilines is 2. The number of nitrogens with one attached hydrogen (secondary N) is 3. The summed E-state index contributed by atoms with van der Waals surface area (Å²) >= 11 is 1.60. The largest absolute Gasteiger partial charge is 0.497 e. The molecule has 0 radical (unpaired) electrons. The third kappa shape index (κ3) is 3.63. The van der Waals surface area contributed by atoms with E-state index in [1.807, 2.05) is 53.4 Å². The first-order chi connectivity index (χ1) is 15.6. The van der Waals surface area contributed by atoms with Gasteiger partial charge in [-0.2, -0.15) is 0 Å². The molecule has 4 heterocycles. The van der Waals surface area contributed by atoms with Crippen molar-refractivity contribution >= 4 is 28.9 Å². The zero-order chi connectivity index (χ0) is 22.1. The van der Waals surface area contributed by atoms with Crippen LogP contribution in [0.2, 0.25) is 0 Å². The van der Waals surface area contributed by atoms with Crippen molar-refractivity contribution in [3.05, 3.63) is 83.1 Å². The molecule has 1 atom stereocenters. The third-order valence-corrected chi connectivity index (χ3v) is 6.11. The van der Waals surface area contributed by atoms with E-state index in [0.29, 0.717) is 23.0 Å². The molecule has 0 saturated carbocycles. The molecule has 1 aromatic carbocycles. The van der Waals surface area contributed by atoms with Crippen LogP contribution in [-0.4, -0.2) is 28.1 Å². The summed E-state index contributed by atoms with van der Waals surface area (Å²) in [5.74, 6) is 1.86. The maximum atomic E-state index is 13.4. The first-order valence-corrected chi connectivity index (χ1v) is 10.9. The lowest BCUT2D eigenvalue weighted by Crippen LogP contribution is -2.50. The van der Waals surface area contributed by atoms with Gasteiger partial charge in [-0.3, -0.25) is 9.78 Å². The van der Waals surface area contributed by atoms with Crippen LogP contribution < -0.4 is 20.1 Å². The normalized spacial score (nSPS) is 15.1. The van der Waals surface area contributed by atoms with Crippen molar-refractivity contribution in [1.29, 1.82) is 0 Å². The molecular weight excluding hydrogens is 424 g/mol. The van der Waals surface area contributed by atoms with Gasteiger partial charge in [0.2, 0.25) is 0 Å². The highest BCUT2D eigenvalue weighted by atomic mass is 32.1. The number of pyridine rings is 1. The molecule has 32 heavy (non-hydrogen) atoms. The summed E-state index contributed by atoms with van der Waals surface area (Å²) < 4.78 is 7.33. The molecule has 3 aromatic heterocycles. The van der Waals surface area contributed by atoms with Crippen LogP contribution in [0.4, 0.5) is 11.6 Å². The summed E-state index contributed by atoms with van der Waals surface area (Å²) in [5, 5.41) is 11.6. The van der Waals surface area contributed by atoms with Gasteiger partial charge in [-0.15, -0.1) is 16.0 Å². The van der Waals surface area contributed by atoms with Crippen LogP contribution >= 0.6 is 11.3 Å². The fraction of sp³-hybridized carbons (Fsp3) is 0.130. The van der Waals surface area contributed by atoms with Crippen molar-refractivity contribution in [1.82, 2.24) is 15.1 Å². The van der Waals surface area contributed by atoms with Gasteiger partial charge in [-0.05, 0) is 53.2 Å². The van der Waals surface area contributed by atoms with Crippen LogP contribution in [0.5, 0.6) is 5.75 Å². The van der Waals surface area contributed by atoms with Crippen LogP contribution in [0, 0.1) is 0 Å². The zero-order valence-electron chi connectivity index (χ0n) is 17.5. The number of allylic oxidation sites excluding steroid dienone is 1. The van der Waals surface area contributed by atoms with E-state index >= 15 is 0 Å². The van der Waals surface area contributed by atoms with E-state index in [9.17, 15) is 4.79 Å².